The van der Waals surface area contributed by atoms with Crippen LogP contribution in [-0.2, 0) is 0 Å². The number of hydrogen-bond donors (Lipinski definition) is 3. The number of nitrogens with one attached hydrogen (secondary N) is 2. The van der Waals surface area contributed by atoms with Crippen molar-refractivity contribution in [2.75, 3.05) is 25.5 Å². The van der Waals surface area contributed by atoms with E-state index in [1.807, 2.05) is 0 Å². The highest BCUT2D eigenvalue weighted by Gasteiger charge is 2.24. The van der Waals surface area contributed by atoms with Gasteiger partial charge in [-0.2, -0.15) is 0 Å². The lowest BCUT2D eigenvalue weighted by Crippen LogP contribution is -2.35. The molecule has 3 rings (SSSR count). The maximum absolute atomic E-state index is 11.7. The molecule has 1 saturated heterocycles. The first-order valence-electron chi connectivity index (χ1n) is 8.53. The van der Waals surface area contributed by atoms with E-state index in [9.17, 15) is 9.90 Å². The number of carboxylic acid groups (broad SMARTS) is 1. The fraction of sp³-hybridized carbons (Fsp3) is 0.444. The largest absolute Gasteiger partial charge is 0.497 e. The van der Waals surface area contributed by atoms with Crippen molar-refractivity contribution in [3.63, 3.8) is 0 Å². The van der Waals surface area contributed by atoms with E-state index in [1.165, 1.54) is 12.8 Å². The number of hydrogen-bond acceptors (Lipinski definition) is 6. The molecule has 8 heteroatoms. The van der Waals surface area contributed by atoms with Crippen LogP contribution in [-0.4, -0.2) is 42.5 Å². The van der Waals surface area contributed by atoms with Gasteiger partial charge in [-0.1, -0.05) is 11.6 Å². The van der Waals surface area contributed by atoms with Crippen LogP contribution in [0.25, 0.3) is 11.3 Å². The van der Waals surface area contributed by atoms with E-state index in [-0.39, 0.29) is 29.5 Å². The molecule has 0 saturated carbocycles. The summed E-state index contributed by atoms with van der Waals surface area (Å²) in [4.78, 5) is 11.7. The van der Waals surface area contributed by atoms with E-state index >= 15 is 0 Å². The Labute approximate surface area is 158 Å². The molecule has 1 aliphatic heterocycles. The number of nitrogens with zero attached hydrogens (tertiary/aromatic N) is 1. The van der Waals surface area contributed by atoms with Crippen LogP contribution in [0, 0.1) is 0 Å². The van der Waals surface area contributed by atoms with E-state index in [0.29, 0.717) is 23.9 Å². The Bertz CT molecular complexity index is 712. The standard InChI is InChI=1S/C18H23N3O4.ClH/c1-24-14-7-5-12(6-8-14)16-15(18(22)23)17(21-25-16)20-11-9-13-4-2-3-10-19-13;/h5-8,13,19H,2-4,9-11H2,1H3,(H,20,21)(H,22,23);1H. The van der Waals surface area contributed by atoms with Crippen molar-refractivity contribution in [1.82, 2.24) is 10.5 Å². The van der Waals surface area contributed by atoms with Gasteiger partial charge in [0.2, 0.25) is 0 Å². The van der Waals surface area contributed by atoms with Gasteiger partial charge >= 0.3 is 5.97 Å². The molecule has 2 heterocycles. The minimum atomic E-state index is -1.06. The van der Waals surface area contributed by atoms with Gasteiger partial charge in [0.25, 0.3) is 0 Å². The average Bonchev–Trinajstić information content (AvgIpc) is 3.07. The SMILES string of the molecule is COc1ccc(-c2onc(NCCC3CCCCN3)c2C(=O)O)cc1.Cl. The summed E-state index contributed by atoms with van der Waals surface area (Å²) in [7, 11) is 1.58. The molecule has 0 bridgehead atoms. The van der Waals surface area contributed by atoms with Crippen LogP contribution in [0.2, 0.25) is 0 Å². The molecule has 0 radical (unpaired) electrons. The van der Waals surface area contributed by atoms with Crippen LogP contribution in [0.5, 0.6) is 5.75 Å². The molecule has 1 unspecified atom stereocenters. The molecule has 0 amide bonds. The number of halogens is 1. The maximum Gasteiger partial charge on any atom is 0.343 e. The summed E-state index contributed by atoms with van der Waals surface area (Å²) >= 11 is 0. The third-order valence-electron chi connectivity index (χ3n) is 4.46. The molecular weight excluding hydrogens is 358 g/mol. The topological polar surface area (TPSA) is 96.6 Å². The normalized spacial score (nSPS) is 16.6. The average molecular weight is 382 g/mol. The lowest BCUT2D eigenvalue weighted by molar-refractivity contribution is 0.0698. The monoisotopic (exact) mass is 381 g/mol. The highest BCUT2D eigenvalue weighted by atomic mass is 35.5. The molecule has 1 aliphatic rings. The first-order valence-corrected chi connectivity index (χ1v) is 8.53. The van der Waals surface area contributed by atoms with Gasteiger partial charge < -0.3 is 25.0 Å². The van der Waals surface area contributed by atoms with E-state index in [0.717, 1.165) is 19.4 Å². The lowest BCUT2D eigenvalue weighted by Gasteiger charge is -2.23. The van der Waals surface area contributed by atoms with Gasteiger partial charge in [-0.15, -0.1) is 12.4 Å². The van der Waals surface area contributed by atoms with Crippen LogP contribution in [0.15, 0.2) is 28.8 Å². The molecule has 1 aromatic carbocycles. The van der Waals surface area contributed by atoms with Crippen LogP contribution in [0.4, 0.5) is 5.82 Å². The highest BCUT2D eigenvalue weighted by molar-refractivity contribution is 5.99. The summed E-state index contributed by atoms with van der Waals surface area (Å²) in [5.74, 6) is 0.145. The molecule has 1 atom stereocenters. The maximum atomic E-state index is 11.7. The van der Waals surface area contributed by atoms with Crippen molar-refractivity contribution in [3.05, 3.63) is 29.8 Å². The Hall–Kier alpha value is -2.25. The van der Waals surface area contributed by atoms with Gasteiger partial charge in [0.15, 0.2) is 17.1 Å². The molecule has 1 aromatic heterocycles. The van der Waals surface area contributed by atoms with Gasteiger partial charge in [-0.05, 0) is 50.1 Å². The Kier molecular flexibility index (Phi) is 7.29. The molecule has 1 fully saturated rings. The van der Waals surface area contributed by atoms with Crippen molar-refractivity contribution in [1.29, 1.82) is 0 Å². The third-order valence-corrected chi connectivity index (χ3v) is 4.46. The van der Waals surface area contributed by atoms with Crippen molar-refractivity contribution < 1.29 is 19.2 Å². The number of benzene rings is 1. The van der Waals surface area contributed by atoms with Gasteiger partial charge in [0, 0.05) is 18.2 Å². The first kappa shape index (κ1) is 20.1. The number of rotatable bonds is 7. The number of carboxylic acids is 1. The fourth-order valence-electron chi connectivity index (χ4n) is 3.08. The Morgan fingerprint density at radius 2 is 2.15 bits per heavy atom. The first-order chi connectivity index (χ1) is 12.2. The molecule has 26 heavy (non-hydrogen) atoms. The molecule has 2 aromatic rings. The molecule has 142 valence electrons. The quantitative estimate of drug-likeness (QED) is 0.676. The van der Waals surface area contributed by atoms with E-state index in [4.69, 9.17) is 9.26 Å². The number of carbonyl (C=O) groups is 1. The van der Waals surface area contributed by atoms with Crippen LogP contribution >= 0.6 is 12.4 Å². The molecule has 7 nitrogen and oxygen atoms in total. The predicted molar refractivity (Wildman–Crippen MR) is 101 cm³/mol. The second kappa shape index (κ2) is 9.45. The van der Waals surface area contributed by atoms with Crippen LogP contribution < -0.4 is 15.4 Å². The van der Waals surface area contributed by atoms with E-state index in [1.54, 1.807) is 31.4 Å². The van der Waals surface area contributed by atoms with Crippen LogP contribution in [0.1, 0.15) is 36.0 Å². The van der Waals surface area contributed by atoms with Gasteiger partial charge in [-0.3, -0.25) is 0 Å². The summed E-state index contributed by atoms with van der Waals surface area (Å²) < 4.78 is 10.4. The lowest BCUT2D eigenvalue weighted by atomic mass is 10.0. The zero-order valence-corrected chi connectivity index (χ0v) is 15.5. The molecule has 0 spiro atoms. The van der Waals surface area contributed by atoms with Crippen molar-refractivity contribution in [2.24, 2.45) is 0 Å². The van der Waals surface area contributed by atoms with Gasteiger partial charge in [0.1, 0.15) is 5.75 Å². The molecular formula is C18H24ClN3O4. The van der Waals surface area contributed by atoms with Crippen molar-refractivity contribution >= 4 is 24.2 Å². The third kappa shape index (κ3) is 4.68. The Morgan fingerprint density at radius 1 is 1.38 bits per heavy atom. The van der Waals surface area contributed by atoms with Gasteiger partial charge in [-0.25, -0.2) is 4.79 Å². The number of aromatic carboxylic acids is 1. The number of aromatic nitrogens is 1. The Morgan fingerprint density at radius 3 is 2.77 bits per heavy atom. The summed E-state index contributed by atoms with van der Waals surface area (Å²) in [5.41, 5.74) is 0.703. The summed E-state index contributed by atoms with van der Waals surface area (Å²) in [6.07, 6.45) is 4.54. The van der Waals surface area contributed by atoms with E-state index < -0.39 is 5.97 Å². The summed E-state index contributed by atoms with van der Waals surface area (Å²) in [6, 6.07) is 7.49. The second-order valence-electron chi connectivity index (χ2n) is 6.13. The van der Waals surface area contributed by atoms with Crippen molar-refractivity contribution in [2.45, 2.75) is 31.7 Å². The van der Waals surface area contributed by atoms with Crippen molar-refractivity contribution in [3.8, 4) is 17.1 Å². The van der Waals surface area contributed by atoms with Crippen LogP contribution in [0.3, 0.4) is 0 Å². The van der Waals surface area contributed by atoms with E-state index in [2.05, 4.69) is 15.8 Å². The molecule has 3 N–H and O–H groups in total. The summed E-state index contributed by atoms with van der Waals surface area (Å²) in [6.45, 7) is 1.70. The Balaban J connectivity index is 0.00000243. The number of piperidine rings is 1. The molecule has 0 aliphatic carbocycles. The fourth-order valence-corrected chi connectivity index (χ4v) is 3.08. The number of methoxy groups -OCH3 is 1. The number of ether oxygens (including phenoxy) is 1. The smallest absolute Gasteiger partial charge is 0.343 e. The minimum absolute atomic E-state index is 0. The second-order valence-corrected chi connectivity index (χ2v) is 6.13. The van der Waals surface area contributed by atoms with Gasteiger partial charge in [0.05, 0.1) is 7.11 Å². The minimum Gasteiger partial charge on any atom is -0.497 e. The number of anilines is 1. The predicted octanol–water partition coefficient (Wildman–Crippen LogP) is 3.41. The highest BCUT2D eigenvalue weighted by Crippen LogP contribution is 2.30. The zero-order valence-electron chi connectivity index (χ0n) is 14.7. The zero-order chi connectivity index (χ0) is 17.6. The summed E-state index contributed by atoms with van der Waals surface area (Å²) in [5, 5.41) is 20.1.